The maximum absolute atomic E-state index is 14.6. The largest absolute Gasteiger partial charge is 0.481 e. The van der Waals surface area contributed by atoms with Gasteiger partial charge >= 0.3 is 5.97 Å². The fourth-order valence-electron chi connectivity index (χ4n) is 2.81. The molecule has 140 valence electrons. The summed E-state index contributed by atoms with van der Waals surface area (Å²) in [5, 5.41) is 13.1. The van der Waals surface area contributed by atoms with Crippen LogP contribution in [-0.4, -0.2) is 44.8 Å². The highest BCUT2D eigenvalue weighted by Crippen LogP contribution is 2.19. The molecule has 26 heavy (non-hydrogen) atoms. The van der Waals surface area contributed by atoms with E-state index in [4.69, 9.17) is 5.11 Å². The lowest BCUT2D eigenvalue weighted by atomic mass is 10.1. The Morgan fingerprint density at radius 3 is 2.46 bits per heavy atom. The molecule has 1 heterocycles. The molecule has 1 aromatic heterocycles. The first-order valence-corrected chi connectivity index (χ1v) is 8.53. The summed E-state index contributed by atoms with van der Waals surface area (Å²) < 4.78 is 16.1. The smallest absolute Gasteiger partial charge is 0.305 e. The van der Waals surface area contributed by atoms with Gasteiger partial charge in [-0.1, -0.05) is 13.8 Å². The highest BCUT2D eigenvalue weighted by atomic mass is 19.1. The van der Waals surface area contributed by atoms with Crippen molar-refractivity contribution in [3.05, 3.63) is 47.0 Å². The van der Waals surface area contributed by atoms with Crippen LogP contribution >= 0.6 is 0 Å². The number of amides is 1. The van der Waals surface area contributed by atoms with E-state index < -0.39 is 11.8 Å². The van der Waals surface area contributed by atoms with Gasteiger partial charge < -0.3 is 10.0 Å². The SMILES string of the molecule is Cc1cc(C)n(-c2ccc(C(=O)N(CCC(=O)O)CC(C)C)cc2F)n1. The van der Waals surface area contributed by atoms with Gasteiger partial charge in [0.1, 0.15) is 11.5 Å². The minimum Gasteiger partial charge on any atom is -0.481 e. The van der Waals surface area contributed by atoms with Crippen molar-refractivity contribution in [2.45, 2.75) is 34.1 Å². The number of carboxylic acids is 1. The summed E-state index contributed by atoms with van der Waals surface area (Å²) in [6.45, 7) is 8.03. The van der Waals surface area contributed by atoms with E-state index in [2.05, 4.69) is 5.10 Å². The molecule has 0 saturated carbocycles. The quantitative estimate of drug-likeness (QED) is 0.822. The van der Waals surface area contributed by atoms with Crippen LogP contribution in [0.25, 0.3) is 5.69 Å². The number of rotatable bonds is 7. The van der Waals surface area contributed by atoms with Gasteiger partial charge in [0, 0.05) is 24.3 Å². The van der Waals surface area contributed by atoms with Gasteiger partial charge in [-0.15, -0.1) is 0 Å². The van der Waals surface area contributed by atoms with Gasteiger partial charge in [0.25, 0.3) is 5.91 Å². The zero-order valence-corrected chi connectivity index (χ0v) is 15.5. The predicted octanol–water partition coefficient (Wildman–Crippen LogP) is 3.20. The molecule has 0 fully saturated rings. The molecule has 1 N–H and O–H groups in total. The molecule has 2 aromatic rings. The second kappa shape index (κ2) is 8.12. The van der Waals surface area contributed by atoms with Crippen molar-refractivity contribution in [3.63, 3.8) is 0 Å². The number of carboxylic acid groups (broad SMARTS) is 1. The summed E-state index contributed by atoms with van der Waals surface area (Å²) in [6.07, 6.45) is -0.148. The van der Waals surface area contributed by atoms with Crippen LogP contribution in [0, 0.1) is 25.6 Å². The van der Waals surface area contributed by atoms with E-state index in [1.807, 2.05) is 33.8 Å². The molecule has 0 spiro atoms. The third-order valence-electron chi connectivity index (χ3n) is 3.90. The van der Waals surface area contributed by atoms with Crippen LogP contribution < -0.4 is 0 Å². The number of carbonyl (C=O) groups is 2. The van der Waals surface area contributed by atoms with Crippen molar-refractivity contribution in [2.24, 2.45) is 5.92 Å². The van der Waals surface area contributed by atoms with Gasteiger partial charge in [-0.25, -0.2) is 9.07 Å². The fourth-order valence-corrected chi connectivity index (χ4v) is 2.81. The second-order valence-electron chi connectivity index (χ2n) is 6.79. The number of aromatic nitrogens is 2. The minimum atomic E-state index is -0.974. The molecule has 7 heteroatoms. The van der Waals surface area contributed by atoms with Crippen LogP contribution in [0.5, 0.6) is 0 Å². The molecule has 0 aliphatic carbocycles. The zero-order chi connectivity index (χ0) is 19.4. The maximum Gasteiger partial charge on any atom is 0.305 e. The number of halogens is 1. The summed E-state index contributed by atoms with van der Waals surface area (Å²) in [5.74, 6) is -1.73. The molecule has 0 aliphatic heterocycles. The summed E-state index contributed by atoms with van der Waals surface area (Å²) in [5.41, 5.74) is 2.04. The van der Waals surface area contributed by atoms with Gasteiger partial charge in [-0.2, -0.15) is 5.10 Å². The number of aryl methyl sites for hydroxylation is 2. The molecule has 0 aliphatic rings. The van der Waals surface area contributed by atoms with Crippen molar-refractivity contribution >= 4 is 11.9 Å². The van der Waals surface area contributed by atoms with Crippen LogP contribution in [0.4, 0.5) is 4.39 Å². The molecule has 0 atom stereocenters. The van der Waals surface area contributed by atoms with Crippen molar-refractivity contribution in [1.29, 1.82) is 0 Å². The molecule has 2 rings (SSSR count). The highest BCUT2D eigenvalue weighted by molar-refractivity contribution is 5.94. The Balaban J connectivity index is 2.28. The zero-order valence-electron chi connectivity index (χ0n) is 15.5. The molecular weight excluding hydrogens is 337 g/mol. The lowest BCUT2D eigenvalue weighted by Crippen LogP contribution is -2.36. The van der Waals surface area contributed by atoms with Gasteiger partial charge in [0.05, 0.1) is 12.1 Å². The Morgan fingerprint density at radius 1 is 1.27 bits per heavy atom. The van der Waals surface area contributed by atoms with Crippen molar-refractivity contribution in [3.8, 4) is 5.69 Å². The topological polar surface area (TPSA) is 75.4 Å². The van der Waals surface area contributed by atoms with E-state index in [-0.39, 0.29) is 36.0 Å². The number of hydrogen-bond donors (Lipinski definition) is 1. The lowest BCUT2D eigenvalue weighted by molar-refractivity contribution is -0.137. The van der Waals surface area contributed by atoms with Gasteiger partial charge in [0.2, 0.25) is 0 Å². The normalized spacial score (nSPS) is 11.0. The van der Waals surface area contributed by atoms with E-state index >= 15 is 0 Å². The molecule has 0 saturated heterocycles. The first-order chi connectivity index (χ1) is 12.2. The highest BCUT2D eigenvalue weighted by Gasteiger charge is 2.20. The molecule has 6 nitrogen and oxygen atoms in total. The van der Waals surface area contributed by atoms with Gasteiger partial charge in [-0.05, 0) is 44.0 Å². The minimum absolute atomic E-state index is 0.0905. The molecule has 0 bridgehead atoms. The van der Waals surface area contributed by atoms with E-state index in [1.165, 1.54) is 21.7 Å². The summed E-state index contributed by atoms with van der Waals surface area (Å²) in [4.78, 5) is 25.0. The van der Waals surface area contributed by atoms with E-state index in [0.29, 0.717) is 6.54 Å². The average Bonchev–Trinajstić information content (AvgIpc) is 2.88. The third kappa shape index (κ3) is 4.68. The number of benzene rings is 1. The first-order valence-electron chi connectivity index (χ1n) is 8.53. The van der Waals surface area contributed by atoms with E-state index in [1.54, 1.807) is 6.07 Å². The maximum atomic E-state index is 14.6. The molecule has 0 unspecified atom stereocenters. The Labute approximate surface area is 152 Å². The molecule has 0 radical (unpaired) electrons. The van der Waals surface area contributed by atoms with E-state index in [9.17, 15) is 14.0 Å². The Morgan fingerprint density at radius 2 is 1.96 bits per heavy atom. The Hall–Kier alpha value is -2.70. The molecule has 1 amide bonds. The van der Waals surface area contributed by atoms with Crippen LogP contribution in [-0.2, 0) is 4.79 Å². The average molecular weight is 361 g/mol. The number of carbonyl (C=O) groups excluding carboxylic acids is 1. The lowest BCUT2D eigenvalue weighted by Gasteiger charge is -2.24. The van der Waals surface area contributed by atoms with E-state index in [0.717, 1.165) is 11.4 Å². The molecular formula is C19H24FN3O3. The van der Waals surface area contributed by atoms with Crippen LogP contribution in [0.2, 0.25) is 0 Å². The monoisotopic (exact) mass is 361 g/mol. The number of hydrogen-bond acceptors (Lipinski definition) is 3. The van der Waals surface area contributed by atoms with Crippen LogP contribution in [0.1, 0.15) is 42.0 Å². The van der Waals surface area contributed by atoms with Crippen LogP contribution in [0.3, 0.4) is 0 Å². The van der Waals surface area contributed by atoms with Crippen molar-refractivity contribution in [2.75, 3.05) is 13.1 Å². The second-order valence-corrected chi connectivity index (χ2v) is 6.79. The number of aliphatic carboxylic acids is 1. The summed E-state index contributed by atoms with van der Waals surface area (Å²) >= 11 is 0. The van der Waals surface area contributed by atoms with Gasteiger partial charge in [0.15, 0.2) is 0 Å². The standard InChI is InChI=1S/C19H24FN3O3/c1-12(2)11-22(8-7-18(24)25)19(26)15-5-6-17(16(20)10-15)23-14(4)9-13(3)21-23/h5-6,9-10,12H,7-8,11H2,1-4H3,(H,24,25). The summed E-state index contributed by atoms with van der Waals surface area (Å²) in [6, 6.07) is 6.09. The predicted molar refractivity (Wildman–Crippen MR) is 96.0 cm³/mol. The number of nitrogens with zero attached hydrogens (tertiary/aromatic N) is 3. The summed E-state index contributed by atoms with van der Waals surface area (Å²) in [7, 11) is 0. The Bertz CT molecular complexity index is 814. The first kappa shape index (κ1) is 19.6. The molecule has 1 aromatic carbocycles. The third-order valence-corrected chi connectivity index (χ3v) is 3.90. The van der Waals surface area contributed by atoms with Crippen molar-refractivity contribution < 1.29 is 19.1 Å². The Kier molecular flexibility index (Phi) is 6.13. The fraction of sp³-hybridized carbons (Fsp3) is 0.421. The van der Waals surface area contributed by atoms with Crippen molar-refractivity contribution in [1.82, 2.24) is 14.7 Å². The van der Waals surface area contributed by atoms with Gasteiger partial charge in [-0.3, -0.25) is 9.59 Å². The van der Waals surface area contributed by atoms with Crippen LogP contribution in [0.15, 0.2) is 24.3 Å².